The number of nitriles is 1. The van der Waals surface area contributed by atoms with Gasteiger partial charge in [-0.1, -0.05) is 12.8 Å². The molecule has 2 atom stereocenters. The minimum absolute atomic E-state index is 0.0369. The molecule has 11 nitrogen and oxygen atoms in total. The largest absolute Gasteiger partial charge is 0.497 e. The number of hydrogen-bond acceptors (Lipinski definition) is 10. The van der Waals surface area contributed by atoms with Crippen molar-refractivity contribution >= 4 is 29.4 Å². The lowest BCUT2D eigenvalue weighted by Crippen LogP contribution is -2.50. The SMILES string of the molecule is COc1cc(Nc2nc(N[C@H]3CCCC[C@H]3NC(=O)OC(C)(C)C)nc(N)c2C#N)cc(OC)c1. The Kier molecular flexibility index (Phi) is 8.06. The highest BCUT2D eigenvalue weighted by molar-refractivity contribution is 5.72. The lowest BCUT2D eigenvalue weighted by Gasteiger charge is -2.33. The molecule has 1 amide bonds. The van der Waals surface area contributed by atoms with Crippen LogP contribution >= 0.6 is 0 Å². The van der Waals surface area contributed by atoms with Gasteiger partial charge in [0.2, 0.25) is 5.95 Å². The summed E-state index contributed by atoms with van der Waals surface area (Å²) in [6, 6.07) is 6.98. The van der Waals surface area contributed by atoms with Crippen LogP contribution in [-0.4, -0.2) is 48.0 Å². The van der Waals surface area contributed by atoms with Gasteiger partial charge in [0.15, 0.2) is 5.82 Å². The summed E-state index contributed by atoms with van der Waals surface area (Å²) in [4.78, 5) is 21.1. The second-order valence-corrected chi connectivity index (χ2v) is 9.28. The van der Waals surface area contributed by atoms with E-state index >= 15 is 0 Å². The zero-order valence-electron chi connectivity index (χ0n) is 20.8. The van der Waals surface area contributed by atoms with E-state index in [9.17, 15) is 10.1 Å². The number of nitrogens with two attached hydrogens (primary N) is 1. The first-order valence-corrected chi connectivity index (χ1v) is 11.5. The van der Waals surface area contributed by atoms with Crippen LogP contribution in [0.15, 0.2) is 18.2 Å². The molecule has 11 heteroatoms. The maximum Gasteiger partial charge on any atom is 0.407 e. The minimum atomic E-state index is -0.588. The van der Waals surface area contributed by atoms with Crippen LogP contribution in [0.3, 0.4) is 0 Å². The third kappa shape index (κ3) is 7.02. The molecule has 1 heterocycles. The van der Waals surface area contributed by atoms with Crippen LogP contribution in [0.25, 0.3) is 0 Å². The second-order valence-electron chi connectivity index (χ2n) is 9.28. The van der Waals surface area contributed by atoms with Crippen LogP contribution in [0.4, 0.5) is 28.1 Å². The van der Waals surface area contributed by atoms with Gasteiger partial charge in [0.05, 0.1) is 20.3 Å². The van der Waals surface area contributed by atoms with E-state index in [0.29, 0.717) is 17.2 Å². The van der Waals surface area contributed by atoms with E-state index in [1.54, 1.807) is 32.4 Å². The highest BCUT2D eigenvalue weighted by Gasteiger charge is 2.29. The summed E-state index contributed by atoms with van der Waals surface area (Å²) < 4.78 is 16.0. The molecule has 0 aliphatic heterocycles. The maximum atomic E-state index is 12.3. The van der Waals surface area contributed by atoms with Crippen LogP contribution in [0.2, 0.25) is 0 Å². The Morgan fingerprint density at radius 3 is 2.29 bits per heavy atom. The Bertz CT molecular complexity index is 1070. The van der Waals surface area contributed by atoms with Crippen molar-refractivity contribution in [3.8, 4) is 17.6 Å². The Morgan fingerprint density at radius 2 is 1.71 bits per heavy atom. The smallest absolute Gasteiger partial charge is 0.407 e. The molecule has 1 fully saturated rings. The zero-order valence-corrected chi connectivity index (χ0v) is 20.8. The van der Waals surface area contributed by atoms with Gasteiger partial charge in [0.25, 0.3) is 0 Å². The first-order valence-electron chi connectivity index (χ1n) is 11.5. The number of nitrogens with zero attached hydrogens (tertiary/aromatic N) is 3. The Hall–Kier alpha value is -3.94. The fourth-order valence-electron chi connectivity index (χ4n) is 3.86. The summed E-state index contributed by atoms with van der Waals surface area (Å²) in [6.45, 7) is 5.47. The molecule has 3 rings (SSSR count). The summed E-state index contributed by atoms with van der Waals surface area (Å²) in [5, 5.41) is 19.0. The number of hydrogen-bond donors (Lipinski definition) is 4. The fraction of sp³-hybridized carbons (Fsp3) is 0.500. The molecule has 1 aliphatic rings. The normalized spacial score (nSPS) is 17.6. The van der Waals surface area contributed by atoms with E-state index in [4.69, 9.17) is 19.9 Å². The first kappa shape index (κ1) is 25.7. The summed E-state index contributed by atoms with van der Waals surface area (Å²) in [7, 11) is 3.10. The maximum absolute atomic E-state index is 12.3. The first-order chi connectivity index (χ1) is 16.6. The number of aromatic nitrogens is 2. The van der Waals surface area contributed by atoms with Gasteiger partial charge < -0.3 is 35.9 Å². The molecule has 0 spiro atoms. The van der Waals surface area contributed by atoms with Crippen molar-refractivity contribution < 1.29 is 19.0 Å². The number of anilines is 4. The quantitative estimate of drug-likeness (QED) is 0.455. The van der Waals surface area contributed by atoms with Crippen molar-refractivity contribution in [1.29, 1.82) is 5.26 Å². The van der Waals surface area contributed by atoms with Crippen molar-refractivity contribution in [1.82, 2.24) is 15.3 Å². The fourth-order valence-corrected chi connectivity index (χ4v) is 3.86. The Morgan fingerprint density at radius 1 is 1.09 bits per heavy atom. The molecular weight excluding hydrogens is 450 g/mol. The Labute approximate surface area is 205 Å². The van der Waals surface area contributed by atoms with Crippen LogP contribution < -0.4 is 31.2 Å². The van der Waals surface area contributed by atoms with E-state index in [1.165, 1.54) is 0 Å². The molecule has 2 aromatic rings. The number of carbonyl (C=O) groups is 1. The van der Waals surface area contributed by atoms with Crippen molar-refractivity contribution in [2.24, 2.45) is 0 Å². The highest BCUT2D eigenvalue weighted by Crippen LogP contribution is 2.30. The van der Waals surface area contributed by atoms with Gasteiger partial charge in [-0.25, -0.2) is 4.79 Å². The third-order valence-electron chi connectivity index (χ3n) is 5.45. The number of benzene rings is 1. The standard InChI is InChI=1S/C24H33N7O4/c1-24(2,3)35-23(32)29-19-9-7-6-8-18(19)28-22-30-20(26)17(13-25)21(31-22)27-14-10-15(33-4)12-16(11-14)34-5/h10-12,18-19H,6-9H2,1-5H3,(H,29,32)(H4,26,27,28,30,31)/t18-,19+/m0/s1. The monoisotopic (exact) mass is 483 g/mol. The number of amides is 1. The van der Waals surface area contributed by atoms with Gasteiger partial charge in [-0.15, -0.1) is 0 Å². The van der Waals surface area contributed by atoms with Gasteiger partial charge in [0.1, 0.15) is 34.6 Å². The van der Waals surface area contributed by atoms with Crippen molar-refractivity contribution in [3.63, 3.8) is 0 Å². The van der Waals surface area contributed by atoms with Crippen molar-refractivity contribution in [2.45, 2.75) is 64.1 Å². The molecule has 5 N–H and O–H groups in total. The zero-order chi connectivity index (χ0) is 25.6. The van der Waals surface area contributed by atoms with Crippen molar-refractivity contribution in [2.75, 3.05) is 30.6 Å². The lowest BCUT2D eigenvalue weighted by molar-refractivity contribution is 0.0488. The van der Waals surface area contributed by atoms with E-state index in [1.807, 2.05) is 20.8 Å². The van der Waals surface area contributed by atoms with E-state index in [2.05, 4.69) is 32.0 Å². The number of ether oxygens (including phenoxy) is 3. The number of nitrogen functional groups attached to an aromatic ring is 1. The predicted octanol–water partition coefficient (Wildman–Crippen LogP) is 3.94. The average Bonchev–Trinajstić information content (AvgIpc) is 2.78. The molecule has 1 aromatic heterocycles. The summed E-state index contributed by atoms with van der Waals surface area (Å²) in [5.41, 5.74) is 6.22. The molecule has 1 aromatic carbocycles. The van der Waals surface area contributed by atoms with E-state index < -0.39 is 11.7 Å². The van der Waals surface area contributed by atoms with Gasteiger partial charge >= 0.3 is 6.09 Å². The summed E-state index contributed by atoms with van der Waals surface area (Å²) >= 11 is 0. The van der Waals surface area contributed by atoms with Gasteiger partial charge in [-0.05, 0) is 33.6 Å². The second kappa shape index (κ2) is 11.0. The molecule has 1 saturated carbocycles. The topological polar surface area (TPSA) is 156 Å². The van der Waals surface area contributed by atoms with Crippen LogP contribution in [0, 0.1) is 11.3 Å². The molecule has 0 bridgehead atoms. The van der Waals surface area contributed by atoms with Gasteiger partial charge in [-0.3, -0.25) is 0 Å². The third-order valence-corrected chi connectivity index (χ3v) is 5.45. The number of alkyl carbamates (subject to hydrolysis) is 1. The molecule has 0 saturated heterocycles. The average molecular weight is 484 g/mol. The van der Waals surface area contributed by atoms with Gasteiger partial charge in [0, 0.05) is 29.9 Å². The molecule has 0 unspecified atom stereocenters. The number of nitrogens with one attached hydrogen (secondary N) is 3. The van der Waals surface area contributed by atoms with Crippen LogP contribution in [0.1, 0.15) is 52.0 Å². The predicted molar refractivity (Wildman–Crippen MR) is 133 cm³/mol. The summed E-state index contributed by atoms with van der Waals surface area (Å²) in [5.74, 6) is 1.68. The van der Waals surface area contributed by atoms with E-state index in [-0.39, 0.29) is 35.2 Å². The van der Waals surface area contributed by atoms with Crippen LogP contribution in [-0.2, 0) is 4.74 Å². The summed E-state index contributed by atoms with van der Waals surface area (Å²) in [6.07, 6.45) is 3.10. The highest BCUT2D eigenvalue weighted by atomic mass is 16.6. The van der Waals surface area contributed by atoms with Crippen molar-refractivity contribution in [3.05, 3.63) is 23.8 Å². The molecule has 188 valence electrons. The van der Waals surface area contributed by atoms with Gasteiger partial charge in [-0.2, -0.15) is 15.2 Å². The molecule has 0 radical (unpaired) electrons. The lowest BCUT2D eigenvalue weighted by atomic mass is 9.90. The Balaban J connectivity index is 1.84. The van der Waals surface area contributed by atoms with Crippen LogP contribution in [0.5, 0.6) is 11.5 Å². The minimum Gasteiger partial charge on any atom is -0.497 e. The number of rotatable bonds is 7. The number of carbonyl (C=O) groups excluding carboxylic acids is 1. The molecule has 1 aliphatic carbocycles. The molecule has 35 heavy (non-hydrogen) atoms. The molecular formula is C24H33N7O4. The number of methoxy groups -OCH3 is 2. The van der Waals surface area contributed by atoms with E-state index in [0.717, 1.165) is 25.7 Å².